The Morgan fingerprint density at radius 2 is 1.86 bits per heavy atom. The molecule has 0 spiro atoms. The Bertz CT molecular complexity index is 789. The van der Waals surface area contributed by atoms with Gasteiger partial charge in [0, 0.05) is 32.4 Å². The van der Waals surface area contributed by atoms with Gasteiger partial charge in [0.25, 0.3) is 0 Å². The van der Waals surface area contributed by atoms with E-state index in [1.807, 2.05) is 36.4 Å². The number of nitrogens with zero attached hydrogens (tertiary/aromatic N) is 1. The van der Waals surface area contributed by atoms with Crippen LogP contribution in [0.25, 0.3) is 10.9 Å². The molecule has 0 amide bonds. The van der Waals surface area contributed by atoms with Crippen LogP contribution in [0, 0.1) is 5.82 Å². The molecule has 106 valence electrons. The molecule has 0 aliphatic rings. The van der Waals surface area contributed by atoms with Gasteiger partial charge >= 0.3 is 0 Å². The third kappa shape index (κ3) is 3.33. The molecular weight excluding hydrogens is 397 g/mol. The van der Waals surface area contributed by atoms with Gasteiger partial charge in [0.1, 0.15) is 5.82 Å². The lowest BCUT2D eigenvalue weighted by molar-refractivity contribution is 0.606. The molecule has 0 aliphatic heterocycles. The Morgan fingerprint density at radius 3 is 2.67 bits per heavy atom. The number of hydrogen-bond acceptors (Lipinski definition) is 1. The van der Waals surface area contributed by atoms with E-state index >= 15 is 0 Å². The predicted molar refractivity (Wildman–Crippen MR) is 91.2 cm³/mol. The highest BCUT2D eigenvalue weighted by molar-refractivity contribution is 9.10. The van der Waals surface area contributed by atoms with Crippen LogP contribution in [0.4, 0.5) is 4.39 Å². The van der Waals surface area contributed by atoms with Crippen LogP contribution in [-0.4, -0.2) is 4.98 Å². The highest BCUT2D eigenvalue weighted by Crippen LogP contribution is 2.30. The third-order valence-electron chi connectivity index (χ3n) is 3.34. The second-order valence-electron chi connectivity index (χ2n) is 4.83. The van der Waals surface area contributed by atoms with Crippen molar-refractivity contribution in [3.05, 3.63) is 76.1 Å². The fraction of sp³-hybridized carbons (Fsp3) is 0.118. The van der Waals surface area contributed by atoms with Gasteiger partial charge in [0.2, 0.25) is 0 Å². The normalized spacial score (nSPS) is 12.5. The van der Waals surface area contributed by atoms with Gasteiger partial charge in [-0.3, -0.25) is 4.98 Å². The molecule has 2 aromatic carbocycles. The maximum atomic E-state index is 14.0. The van der Waals surface area contributed by atoms with Crippen LogP contribution in [0.2, 0.25) is 0 Å². The molecule has 4 heteroatoms. The van der Waals surface area contributed by atoms with Crippen molar-refractivity contribution < 1.29 is 4.39 Å². The number of alkyl halides is 1. The van der Waals surface area contributed by atoms with Gasteiger partial charge in [-0.15, -0.1) is 0 Å². The Morgan fingerprint density at radius 1 is 1.05 bits per heavy atom. The van der Waals surface area contributed by atoms with Crippen molar-refractivity contribution in [3.8, 4) is 0 Å². The SMILES string of the molecule is Fc1cc(Br)ccc1C(Br)Cc1ccc2ccccc2n1. The summed E-state index contributed by atoms with van der Waals surface area (Å²) in [4.78, 5) is 4.53. The number of benzene rings is 2. The molecule has 0 N–H and O–H groups in total. The molecule has 0 saturated heterocycles. The van der Waals surface area contributed by atoms with E-state index in [1.165, 1.54) is 6.07 Å². The second kappa shape index (κ2) is 6.24. The molecule has 1 unspecified atom stereocenters. The zero-order valence-electron chi connectivity index (χ0n) is 11.1. The van der Waals surface area contributed by atoms with Crippen molar-refractivity contribution in [3.63, 3.8) is 0 Å². The molecule has 0 bridgehead atoms. The van der Waals surface area contributed by atoms with E-state index < -0.39 is 0 Å². The smallest absolute Gasteiger partial charge is 0.128 e. The van der Waals surface area contributed by atoms with Gasteiger partial charge in [-0.05, 0) is 24.3 Å². The average molecular weight is 409 g/mol. The fourth-order valence-electron chi connectivity index (χ4n) is 2.27. The van der Waals surface area contributed by atoms with E-state index in [9.17, 15) is 4.39 Å². The zero-order chi connectivity index (χ0) is 14.8. The number of hydrogen-bond donors (Lipinski definition) is 0. The summed E-state index contributed by atoms with van der Waals surface area (Å²) in [6, 6.07) is 17.2. The van der Waals surface area contributed by atoms with Crippen LogP contribution in [0.1, 0.15) is 16.1 Å². The predicted octanol–water partition coefficient (Wildman–Crippen LogP) is 5.82. The summed E-state index contributed by atoms with van der Waals surface area (Å²) in [7, 11) is 0. The molecule has 0 saturated carbocycles. The first-order valence-corrected chi connectivity index (χ1v) is 8.28. The maximum absolute atomic E-state index is 14.0. The minimum Gasteiger partial charge on any atom is -0.253 e. The van der Waals surface area contributed by atoms with Crippen molar-refractivity contribution in [2.75, 3.05) is 0 Å². The molecule has 3 aromatic rings. The molecule has 21 heavy (non-hydrogen) atoms. The summed E-state index contributed by atoms with van der Waals surface area (Å²) < 4.78 is 14.7. The lowest BCUT2D eigenvalue weighted by Gasteiger charge is -2.11. The summed E-state index contributed by atoms with van der Waals surface area (Å²) in [5, 5.41) is 1.11. The van der Waals surface area contributed by atoms with Crippen LogP contribution < -0.4 is 0 Å². The molecule has 0 fully saturated rings. The Labute approximate surface area is 139 Å². The molecular formula is C17H12Br2FN. The van der Waals surface area contributed by atoms with Crippen molar-refractivity contribution in [2.24, 2.45) is 0 Å². The van der Waals surface area contributed by atoms with Crippen molar-refractivity contribution in [2.45, 2.75) is 11.2 Å². The van der Waals surface area contributed by atoms with Crippen LogP contribution >= 0.6 is 31.9 Å². The number of aromatic nitrogens is 1. The molecule has 0 radical (unpaired) electrons. The summed E-state index contributed by atoms with van der Waals surface area (Å²) in [5.74, 6) is -0.216. The monoisotopic (exact) mass is 407 g/mol. The molecule has 1 heterocycles. The first-order chi connectivity index (χ1) is 10.1. The molecule has 0 aliphatic carbocycles. The maximum Gasteiger partial charge on any atom is 0.128 e. The first-order valence-electron chi connectivity index (χ1n) is 6.57. The Kier molecular flexibility index (Phi) is 4.36. The van der Waals surface area contributed by atoms with Gasteiger partial charge in [-0.1, -0.05) is 62.2 Å². The zero-order valence-corrected chi connectivity index (χ0v) is 14.2. The second-order valence-corrected chi connectivity index (χ2v) is 6.85. The number of para-hydroxylation sites is 1. The number of fused-ring (bicyclic) bond motifs is 1. The highest BCUT2D eigenvalue weighted by Gasteiger charge is 2.14. The fourth-order valence-corrected chi connectivity index (χ4v) is 3.31. The summed E-state index contributed by atoms with van der Waals surface area (Å²) in [5.41, 5.74) is 2.55. The van der Waals surface area contributed by atoms with Crippen LogP contribution in [0.15, 0.2) is 59.1 Å². The van der Waals surface area contributed by atoms with Gasteiger partial charge < -0.3 is 0 Å². The lowest BCUT2D eigenvalue weighted by atomic mass is 10.1. The van der Waals surface area contributed by atoms with E-state index in [1.54, 1.807) is 6.07 Å². The minimum atomic E-state index is -0.216. The molecule has 1 aromatic heterocycles. The highest BCUT2D eigenvalue weighted by atomic mass is 79.9. The quantitative estimate of drug-likeness (QED) is 0.498. The van der Waals surface area contributed by atoms with E-state index in [0.29, 0.717) is 12.0 Å². The van der Waals surface area contributed by atoms with E-state index in [2.05, 4.69) is 42.9 Å². The summed E-state index contributed by atoms with van der Waals surface area (Å²) in [6.07, 6.45) is 0.642. The van der Waals surface area contributed by atoms with Gasteiger partial charge in [-0.25, -0.2) is 4.39 Å². The van der Waals surface area contributed by atoms with Gasteiger partial charge in [0.15, 0.2) is 0 Å². The molecule has 3 rings (SSSR count). The van der Waals surface area contributed by atoms with E-state index in [4.69, 9.17) is 0 Å². The van der Waals surface area contributed by atoms with Crippen molar-refractivity contribution >= 4 is 42.8 Å². The number of rotatable bonds is 3. The molecule has 1 atom stereocenters. The van der Waals surface area contributed by atoms with Crippen LogP contribution in [0.5, 0.6) is 0 Å². The standard InChI is InChI=1S/C17H12Br2FN/c18-12-6-8-14(16(20)9-12)15(19)10-13-7-5-11-3-1-2-4-17(11)21-13/h1-9,15H,10H2. The third-order valence-corrected chi connectivity index (χ3v) is 4.65. The average Bonchev–Trinajstić information content (AvgIpc) is 2.47. The summed E-state index contributed by atoms with van der Waals surface area (Å²) in [6.45, 7) is 0. The number of pyridine rings is 1. The summed E-state index contributed by atoms with van der Waals surface area (Å²) >= 11 is 6.84. The number of halogens is 3. The Hall–Kier alpha value is -1.26. The van der Waals surface area contributed by atoms with Gasteiger partial charge in [-0.2, -0.15) is 0 Å². The van der Waals surface area contributed by atoms with E-state index in [0.717, 1.165) is 21.1 Å². The van der Waals surface area contributed by atoms with Crippen LogP contribution in [0.3, 0.4) is 0 Å². The first kappa shape index (κ1) is 14.7. The lowest BCUT2D eigenvalue weighted by Crippen LogP contribution is -2.00. The minimum absolute atomic E-state index is 0.0979. The van der Waals surface area contributed by atoms with Crippen LogP contribution in [-0.2, 0) is 6.42 Å². The van der Waals surface area contributed by atoms with Crippen molar-refractivity contribution in [1.29, 1.82) is 0 Å². The molecule has 1 nitrogen and oxygen atoms in total. The Balaban J connectivity index is 1.87. The van der Waals surface area contributed by atoms with Gasteiger partial charge in [0.05, 0.1) is 5.52 Å². The largest absolute Gasteiger partial charge is 0.253 e. The topological polar surface area (TPSA) is 12.9 Å². The van der Waals surface area contributed by atoms with E-state index in [-0.39, 0.29) is 10.6 Å². The van der Waals surface area contributed by atoms with Crippen molar-refractivity contribution in [1.82, 2.24) is 4.98 Å².